The van der Waals surface area contributed by atoms with Crippen LogP contribution >= 0.6 is 11.3 Å². The van der Waals surface area contributed by atoms with Crippen LogP contribution in [0.25, 0.3) is 0 Å². The summed E-state index contributed by atoms with van der Waals surface area (Å²) < 4.78 is 10.6. The number of hydrogen-bond acceptors (Lipinski definition) is 4. The molecule has 1 heterocycles. The monoisotopic (exact) mass is 361 g/mol. The topological polar surface area (TPSA) is 47.6 Å². The molecule has 0 atom stereocenters. The molecule has 0 aliphatic heterocycles. The summed E-state index contributed by atoms with van der Waals surface area (Å²) in [7, 11) is 3.25. The number of nitrogens with one attached hydrogen (secondary N) is 1. The van der Waals surface area contributed by atoms with Crippen LogP contribution in [0.5, 0.6) is 11.5 Å². The largest absolute Gasteiger partial charge is 0.493 e. The quantitative estimate of drug-likeness (QED) is 0.726. The zero-order valence-electron chi connectivity index (χ0n) is 15.5. The van der Waals surface area contributed by atoms with Gasteiger partial charge in [0.25, 0.3) is 5.91 Å². The summed E-state index contributed by atoms with van der Waals surface area (Å²) in [4.78, 5) is 14.6. The van der Waals surface area contributed by atoms with Gasteiger partial charge in [-0.1, -0.05) is 26.3 Å². The van der Waals surface area contributed by atoms with Gasteiger partial charge in [0, 0.05) is 11.4 Å². The number of carbonyl (C=O) groups excluding carboxylic acids is 1. The summed E-state index contributed by atoms with van der Waals surface area (Å²) in [6.07, 6.45) is 3.88. The molecule has 0 saturated heterocycles. The van der Waals surface area contributed by atoms with E-state index in [2.05, 4.69) is 19.2 Å². The Morgan fingerprint density at radius 1 is 1.08 bits per heavy atom. The lowest BCUT2D eigenvalue weighted by molar-refractivity contribution is 0.0958. The van der Waals surface area contributed by atoms with Crippen molar-refractivity contribution in [2.45, 2.75) is 39.5 Å². The van der Waals surface area contributed by atoms with Crippen LogP contribution < -0.4 is 14.8 Å². The Morgan fingerprint density at radius 3 is 2.48 bits per heavy atom. The molecule has 1 N–H and O–H groups in total. The van der Waals surface area contributed by atoms with E-state index in [1.165, 1.54) is 10.4 Å². The van der Waals surface area contributed by atoms with Gasteiger partial charge in [-0.05, 0) is 48.6 Å². The van der Waals surface area contributed by atoms with Crippen molar-refractivity contribution in [3.8, 4) is 11.5 Å². The van der Waals surface area contributed by atoms with Crippen LogP contribution in [0.3, 0.4) is 0 Å². The van der Waals surface area contributed by atoms with Crippen LogP contribution in [0.15, 0.2) is 24.3 Å². The van der Waals surface area contributed by atoms with Gasteiger partial charge in [0.2, 0.25) is 0 Å². The molecule has 0 spiro atoms. The summed E-state index contributed by atoms with van der Waals surface area (Å²) in [6, 6.07) is 7.87. The first-order valence-electron chi connectivity index (χ1n) is 8.73. The van der Waals surface area contributed by atoms with Gasteiger partial charge in [-0.15, -0.1) is 11.3 Å². The van der Waals surface area contributed by atoms with Crippen molar-refractivity contribution in [2.24, 2.45) is 0 Å². The van der Waals surface area contributed by atoms with E-state index >= 15 is 0 Å². The first kappa shape index (κ1) is 19.3. The third-order valence-corrected chi connectivity index (χ3v) is 5.36. The predicted molar refractivity (Wildman–Crippen MR) is 103 cm³/mol. The van der Waals surface area contributed by atoms with Gasteiger partial charge in [0.05, 0.1) is 19.1 Å². The standard InChI is InChI=1S/C20H27NO3S/c1-5-7-18-15(6-2)13-19(25-18)20(22)21-11-10-14-8-9-16(23-3)17(12-14)24-4/h8-9,12-13H,5-7,10-11H2,1-4H3,(H,21,22). The average Bonchev–Trinajstić information content (AvgIpc) is 3.05. The lowest BCUT2D eigenvalue weighted by Crippen LogP contribution is -2.24. The van der Waals surface area contributed by atoms with Crippen LogP contribution in [-0.2, 0) is 19.3 Å². The molecule has 0 aliphatic rings. The minimum absolute atomic E-state index is 0.0162. The highest BCUT2D eigenvalue weighted by molar-refractivity contribution is 7.14. The maximum absolute atomic E-state index is 12.4. The Bertz CT molecular complexity index is 709. The predicted octanol–water partition coefficient (Wildman–Crippen LogP) is 4.25. The Hall–Kier alpha value is -2.01. The Kier molecular flexibility index (Phi) is 7.31. The number of benzene rings is 1. The summed E-state index contributed by atoms with van der Waals surface area (Å²) in [5, 5.41) is 3.02. The third-order valence-electron chi connectivity index (χ3n) is 4.13. The van der Waals surface area contributed by atoms with Crippen molar-refractivity contribution in [2.75, 3.05) is 20.8 Å². The Morgan fingerprint density at radius 2 is 1.84 bits per heavy atom. The minimum atomic E-state index is 0.0162. The van der Waals surface area contributed by atoms with Gasteiger partial charge in [-0.25, -0.2) is 0 Å². The average molecular weight is 362 g/mol. The van der Waals surface area contributed by atoms with Crippen molar-refractivity contribution in [1.29, 1.82) is 0 Å². The molecule has 4 nitrogen and oxygen atoms in total. The molecule has 1 amide bonds. The molecule has 0 saturated carbocycles. The van der Waals surface area contributed by atoms with E-state index in [0.717, 1.165) is 36.1 Å². The van der Waals surface area contributed by atoms with Crippen LogP contribution in [0, 0.1) is 0 Å². The lowest BCUT2D eigenvalue weighted by Gasteiger charge is -2.10. The molecule has 2 rings (SSSR count). The molecular weight excluding hydrogens is 334 g/mol. The molecule has 0 bridgehead atoms. The van der Waals surface area contributed by atoms with E-state index in [9.17, 15) is 4.79 Å². The summed E-state index contributed by atoms with van der Waals surface area (Å²) >= 11 is 1.63. The molecule has 1 aromatic carbocycles. The maximum Gasteiger partial charge on any atom is 0.261 e. The Balaban J connectivity index is 1.94. The number of carbonyl (C=O) groups is 1. The van der Waals surface area contributed by atoms with E-state index in [-0.39, 0.29) is 5.91 Å². The number of aryl methyl sites for hydroxylation is 2. The van der Waals surface area contributed by atoms with Gasteiger partial charge in [-0.3, -0.25) is 4.79 Å². The molecule has 0 fully saturated rings. The van der Waals surface area contributed by atoms with Gasteiger partial charge in [-0.2, -0.15) is 0 Å². The van der Waals surface area contributed by atoms with E-state index in [1.54, 1.807) is 25.6 Å². The fraction of sp³-hybridized carbons (Fsp3) is 0.450. The Labute approximate surface area is 154 Å². The van der Waals surface area contributed by atoms with Crippen LogP contribution in [0.2, 0.25) is 0 Å². The van der Waals surface area contributed by atoms with E-state index in [1.807, 2.05) is 24.3 Å². The second kappa shape index (κ2) is 9.47. The van der Waals surface area contributed by atoms with E-state index in [4.69, 9.17) is 9.47 Å². The van der Waals surface area contributed by atoms with Crippen molar-refractivity contribution >= 4 is 17.2 Å². The molecule has 136 valence electrons. The smallest absolute Gasteiger partial charge is 0.261 e. The van der Waals surface area contributed by atoms with Gasteiger partial charge in [0.1, 0.15) is 0 Å². The van der Waals surface area contributed by atoms with Gasteiger partial charge < -0.3 is 14.8 Å². The van der Waals surface area contributed by atoms with E-state index in [0.29, 0.717) is 18.0 Å². The number of methoxy groups -OCH3 is 2. The van der Waals surface area contributed by atoms with Crippen LogP contribution in [0.1, 0.15) is 45.9 Å². The number of ether oxygens (including phenoxy) is 2. The molecule has 0 radical (unpaired) electrons. The summed E-state index contributed by atoms with van der Waals surface area (Å²) in [5.74, 6) is 1.44. The zero-order chi connectivity index (χ0) is 18.2. The van der Waals surface area contributed by atoms with Gasteiger partial charge >= 0.3 is 0 Å². The fourth-order valence-corrected chi connectivity index (χ4v) is 4.03. The molecule has 1 aromatic heterocycles. The second-order valence-corrected chi connectivity index (χ2v) is 6.99. The second-order valence-electron chi connectivity index (χ2n) is 5.86. The first-order valence-corrected chi connectivity index (χ1v) is 9.55. The van der Waals surface area contributed by atoms with Crippen molar-refractivity contribution < 1.29 is 14.3 Å². The molecule has 25 heavy (non-hydrogen) atoms. The fourth-order valence-electron chi connectivity index (χ4n) is 2.76. The molecule has 0 unspecified atom stereocenters. The van der Waals surface area contributed by atoms with Crippen LogP contribution in [0.4, 0.5) is 0 Å². The van der Waals surface area contributed by atoms with E-state index < -0.39 is 0 Å². The van der Waals surface area contributed by atoms with Crippen molar-refractivity contribution in [1.82, 2.24) is 5.32 Å². The van der Waals surface area contributed by atoms with Crippen molar-refractivity contribution in [3.63, 3.8) is 0 Å². The minimum Gasteiger partial charge on any atom is -0.493 e. The normalized spacial score (nSPS) is 10.6. The highest BCUT2D eigenvalue weighted by Crippen LogP contribution is 2.28. The lowest BCUT2D eigenvalue weighted by atomic mass is 10.1. The number of amides is 1. The molecule has 2 aromatic rings. The van der Waals surface area contributed by atoms with Gasteiger partial charge in [0.15, 0.2) is 11.5 Å². The zero-order valence-corrected chi connectivity index (χ0v) is 16.3. The first-order chi connectivity index (χ1) is 12.1. The number of thiophene rings is 1. The molecule has 5 heteroatoms. The molecule has 0 aliphatic carbocycles. The highest BCUT2D eigenvalue weighted by atomic mass is 32.1. The van der Waals surface area contributed by atoms with Crippen molar-refractivity contribution in [3.05, 3.63) is 45.1 Å². The summed E-state index contributed by atoms with van der Waals surface area (Å²) in [6.45, 7) is 4.90. The SMILES string of the molecule is CCCc1sc(C(=O)NCCc2ccc(OC)c(OC)c2)cc1CC. The maximum atomic E-state index is 12.4. The third kappa shape index (κ3) is 4.98. The van der Waals surface area contributed by atoms with Crippen LogP contribution in [-0.4, -0.2) is 26.7 Å². The molecular formula is C20H27NO3S. The number of hydrogen-bond donors (Lipinski definition) is 1. The summed E-state index contributed by atoms with van der Waals surface area (Å²) in [5.41, 5.74) is 2.40. The number of rotatable bonds is 9. The highest BCUT2D eigenvalue weighted by Gasteiger charge is 2.13.